The number of methoxy groups -OCH3 is 1. The molecule has 0 bridgehead atoms. The minimum atomic E-state index is -1.17. The zero-order valence-electron chi connectivity index (χ0n) is 24.8. The Kier molecular flexibility index (Phi) is 13.0. The molecule has 0 unspecified atom stereocenters. The summed E-state index contributed by atoms with van der Waals surface area (Å²) < 4.78 is 24.5. The van der Waals surface area contributed by atoms with Crippen LogP contribution in [0.15, 0.2) is 64.9 Å². The first kappa shape index (κ1) is 35.9. The Bertz CT molecular complexity index is 1670. The zero-order valence-corrected chi connectivity index (χ0v) is 30.7. The van der Waals surface area contributed by atoms with Crippen LogP contribution in [0.1, 0.15) is 36.6 Å². The number of ether oxygens (including phenoxy) is 4. The number of allylic oxidation sites excluding steroid dienone is 1. The maximum Gasteiger partial charge on any atom is 0.337 e. The first-order valence-electron chi connectivity index (χ1n) is 13.8. The molecule has 3 aromatic rings. The minimum absolute atomic E-state index is 0.169. The molecule has 4 N–H and O–H groups in total. The molecule has 0 saturated carbocycles. The van der Waals surface area contributed by atoms with Crippen LogP contribution in [0.5, 0.6) is 17.2 Å². The number of nitrogens with one attached hydrogen (secondary N) is 3. The van der Waals surface area contributed by atoms with Gasteiger partial charge in [-0.15, -0.1) is 0 Å². The fourth-order valence-corrected chi connectivity index (χ4v) is 6.79. The third-order valence-corrected chi connectivity index (χ3v) is 8.67. The summed E-state index contributed by atoms with van der Waals surface area (Å²) in [6.45, 7) is 3.86. The summed E-state index contributed by atoms with van der Waals surface area (Å²) in [5.41, 5.74) is 5.45. The lowest BCUT2D eigenvalue weighted by Gasteiger charge is -2.28. The van der Waals surface area contributed by atoms with Crippen molar-refractivity contribution in [3.8, 4) is 17.2 Å². The van der Waals surface area contributed by atoms with Gasteiger partial charge in [-0.25, -0.2) is 9.59 Å². The van der Waals surface area contributed by atoms with Crippen LogP contribution < -0.4 is 30.3 Å². The number of benzene rings is 3. The summed E-state index contributed by atoms with van der Waals surface area (Å²) in [5.74, 6) is 0.756. The number of urea groups is 1. The van der Waals surface area contributed by atoms with Crippen molar-refractivity contribution in [2.75, 3.05) is 20.3 Å². The SMILES string of the molecule is CCOc1cc([C@H]2NC(=O)NC(C)=C2C(=O)OC)ccc1OC[C@H](O)N/N=C/c1cc(I)cc(I)c1OCc1ccc(Cl)c(Cl)c1. The van der Waals surface area contributed by atoms with E-state index in [1.165, 1.54) is 7.11 Å². The van der Waals surface area contributed by atoms with Crippen molar-refractivity contribution in [3.05, 3.63) is 93.7 Å². The number of rotatable bonds is 13. The quantitative estimate of drug-likeness (QED) is 0.0516. The fourth-order valence-electron chi connectivity index (χ4n) is 4.43. The third kappa shape index (κ3) is 9.30. The summed E-state index contributed by atoms with van der Waals surface area (Å²) >= 11 is 16.6. The van der Waals surface area contributed by atoms with E-state index < -0.39 is 24.3 Å². The summed E-state index contributed by atoms with van der Waals surface area (Å²) in [7, 11) is 1.27. The topological polar surface area (TPSA) is 140 Å². The van der Waals surface area contributed by atoms with Gasteiger partial charge in [0.15, 0.2) is 17.7 Å². The zero-order chi connectivity index (χ0) is 33.4. The highest BCUT2D eigenvalue weighted by molar-refractivity contribution is 14.1. The minimum Gasteiger partial charge on any atom is -0.490 e. The number of halogens is 4. The second-order valence-corrected chi connectivity index (χ2v) is 13.0. The second kappa shape index (κ2) is 16.7. The average Bonchev–Trinajstić information content (AvgIpc) is 3.01. The van der Waals surface area contributed by atoms with Crippen LogP contribution >= 0.6 is 68.4 Å². The van der Waals surface area contributed by atoms with Crippen molar-refractivity contribution in [1.82, 2.24) is 16.1 Å². The Hall–Kier alpha value is -2.99. The van der Waals surface area contributed by atoms with E-state index in [0.717, 1.165) is 12.7 Å². The number of hydrazone groups is 1. The number of esters is 1. The van der Waals surface area contributed by atoms with Gasteiger partial charge in [0.2, 0.25) is 0 Å². The largest absolute Gasteiger partial charge is 0.490 e. The maximum atomic E-state index is 12.5. The molecular formula is C31H30Cl2I2N4O7. The Morgan fingerprint density at radius 3 is 2.59 bits per heavy atom. The van der Waals surface area contributed by atoms with Crippen molar-refractivity contribution < 1.29 is 33.6 Å². The molecule has 2 atom stereocenters. The van der Waals surface area contributed by atoms with E-state index in [0.29, 0.717) is 50.7 Å². The molecule has 0 aliphatic carbocycles. The van der Waals surface area contributed by atoms with Crippen molar-refractivity contribution in [1.29, 1.82) is 0 Å². The summed E-state index contributed by atoms with van der Waals surface area (Å²) in [4.78, 5) is 24.7. The molecule has 2 amide bonds. The molecule has 1 aliphatic rings. The lowest BCUT2D eigenvalue weighted by molar-refractivity contribution is -0.136. The van der Waals surface area contributed by atoms with Crippen molar-refractivity contribution in [3.63, 3.8) is 0 Å². The van der Waals surface area contributed by atoms with Crippen LogP contribution in [0.3, 0.4) is 0 Å². The number of carbonyl (C=O) groups is 2. The number of aliphatic hydroxyl groups is 1. The molecular weight excluding hydrogens is 865 g/mol. The van der Waals surface area contributed by atoms with Crippen molar-refractivity contribution >= 4 is 86.6 Å². The summed E-state index contributed by atoms with van der Waals surface area (Å²) in [6, 6.07) is 13.0. The molecule has 244 valence electrons. The first-order valence-corrected chi connectivity index (χ1v) is 16.7. The van der Waals surface area contributed by atoms with Gasteiger partial charge < -0.3 is 34.7 Å². The molecule has 0 spiro atoms. The van der Waals surface area contributed by atoms with E-state index in [9.17, 15) is 14.7 Å². The van der Waals surface area contributed by atoms with Gasteiger partial charge in [0.25, 0.3) is 0 Å². The highest BCUT2D eigenvalue weighted by Crippen LogP contribution is 2.35. The van der Waals surface area contributed by atoms with E-state index in [2.05, 4.69) is 66.3 Å². The molecule has 11 nitrogen and oxygen atoms in total. The molecule has 0 saturated heterocycles. The van der Waals surface area contributed by atoms with Gasteiger partial charge in [0, 0.05) is 14.8 Å². The number of nitrogens with zero attached hydrogens (tertiary/aromatic N) is 1. The average molecular weight is 895 g/mol. The van der Waals surface area contributed by atoms with Crippen LogP contribution in [0, 0.1) is 7.14 Å². The van der Waals surface area contributed by atoms with Gasteiger partial charge in [-0.2, -0.15) is 5.10 Å². The monoisotopic (exact) mass is 894 g/mol. The van der Waals surface area contributed by atoms with Gasteiger partial charge in [0.1, 0.15) is 19.0 Å². The smallest absolute Gasteiger partial charge is 0.337 e. The number of hydrogen-bond donors (Lipinski definition) is 4. The van der Waals surface area contributed by atoms with Crippen LogP contribution in [0.2, 0.25) is 10.0 Å². The molecule has 0 fully saturated rings. The number of carbonyl (C=O) groups excluding carboxylic acids is 2. The van der Waals surface area contributed by atoms with Gasteiger partial charge in [-0.3, -0.25) is 5.43 Å². The highest BCUT2D eigenvalue weighted by atomic mass is 127. The van der Waals surface area contributed by atoms with Crippen molar-refractivity contribution in [2.24, 2.45) is 5.10 Å². The van der Waals surface area contributed by atoms with Crippen LogP contribution in [0.4, 0.5) is 4.79 Å². The number of amides is 2. The lowest BCUT2D eigenvalue weighted by Crippen LogP contribution is -2.45. The van der Waals surface area contributed by atoms with Crippen molar-refractivity contribution in [2.45, 2.75) is 32.7 Å². The first-order chi connectivity index (χ1) is 22.0. The highest BCUT2D eigenvalue weighted by Gasteiger charge is 2.32. The van der Waals surface area contributed by atoms with Gasteiger partial charge in [0.05, 0.1) is 45.2 Å². The fraction of sp³-hybridized carbons (Fsp3) is 0.258. The van der Waals surface area contributed by atoms with Gasteiger partial charge in [-0.1, -0.05) is 35.3 Å². The predicted molar refractivity (Wildman–Crippen MR) is 192 cm³/mol. The van der Waals surface area contributed by atoms with E-state index in [-0.39, 0.29) is 18.8 Å². The van der Waals surface area contributed by atoms with Gasteiger partial charge in [-0.05, 0) is 107 Å². The molecule has 1 aliphatic heterocycles. The standard InChI is InChI=1S/C31H30Cl2I2N4O7/c1-4-44-25-11-18(28-27(30(41)43-3)16(2)37-31(42)38-28)6-8-24(25)45-15-26(40)39-36-13-19-10-20(34)12-23(35)29(19)46-14-17-5-7-21(32)22(33)9-17/h5-13,26,28,39-40H,4,14-15H2,1-3H3,(H2,37,38,42)/b36-13+/t26-,28+/m0/s1. The molecule has 4 rings (SSSR count). The van der Waals surface area contributed by atoms with Crippen LogP contribution in [-0.2, 0) is 16.1 Å². The summed E-state index contributed by atoms with van der Waals surface area (Å²) in [5, 5.41) is 21.0. The predicted octanol–water partition coefficient (Wildman–Crippen LogP) is 6.30. The maximum absolute atomic E-state index is 12.5. The van der Waals surface area contributed by atoms with E-state index in [4.69, 9.17) is 42.1 Å². The Labute approximate surface area is 303 Å². The molecule has 46 heavy (non-hydrogen) atoms. The number of aliphatic hydroxyl groups excluding tert-OH is 1. The summed E-state index contributed by atoms with van der Waals surface area (Å²) in [6.07, 6.45) is 0.382. The Morgan fingerprint density at radius 1 is 1.09 bits per heavy atom. The van der Waals surface area contributed by atoms with E-state index in [1.807, 2.05) is 25.1 Å². The van der Waals surface area contributed by atoms with E-state index >= 15 is 0 Å². The Balaban J connectivity index is 1.43. The van der Waals surface area contributed by atoms with Crippen LogP contribution in [-0.4, -0.2) is 49.9 Å². The molecule has 1 heterocycles. The third-order valence-electron chi connectivity index (χ3n) is 6.50. The second-order valence-electron chi connectivity index (χ2n) is 9.76. The molecule has 0 aromatic heterocycles. The number of hydrogen-bond acceptors (Lipinski definition) is 9. The molecule has 0 radical (unpaired) electrons. The van der Waals surface area contributed by atoms with Crippen LogP contribution in [0.25, 0.3) is 0 Å². The molecule has 15 heteroatoms. The van der Waals surface area contributed by atoms with E-state index in [1.54, 1.807) is 43.5 Å². The normalized spacial score (nSPS) is 15.2. The lowest BCUT2D eigenvalue weighted by atomic mass is 9.95. The Morgan fingerprint density at radius 2 is 1.87 bits per heavy atom. The molecule has 3 aromatic carbocycles. The van der Waals surface area contributed by atoms with Gasteiger partial charge >= 0.3 is 12.0 Å².